The maximum atomic E-state index is 12.4. The minimum atomic E-state index is 0.313. The molecule has 1 amide bonds. The summed E-state index contributed by atoms with van der Waals surface area (Å²) in [6.07, 6.45) is 19.0. The first kappa shape index (κ1) is 24.2. The van der Waals surface area contributed by atoms with E-state index in [1.807, 2.05) is 0 Å². The second-order valence-electron chi connectivity index (χ2n) is 7.39. The smallest absolute Gasteiger partial charge is 0.222 e. The van der Waals surface area contributed by atoms with Gasteiger partial charge in [0.25, 0.3) is 0 Å². The van der Waals surface area contributed by atoms with Gasteiger partial charge < -0.3 is 10.0 Å². The van der Waals surface area contributed by atoms with Crippen LogP contribution in [0.5, 0.6) is 0 Å². The summed E-state index contributed by atoms with van der Waals surface area (Å²) < 4.78 is 0. The summed E-state index contributed by atoms with van der Waals surface area (Å²) in [7, 11) is 0. The van der Waals surface area contributed by atoms with Crippen molar-refractivity contribution in [1.29, 1.82) is 0 Å². The average Bonchev–Trinajstić information content (AvgIpc) is 2.59. The van der Waals surface area contributed by atoms with Gasteiger partial charge >= 0.3 is 0 Å². The average molecular weight is 354 g/mol. The zero-order valence-electron chi connectivity index (χ0n) is 17.1. The Hall–Kier alpha value is -0.830. The molecule has 0 rings (SSSR count). The van der Waals surface area contributed by atoms with E-state index in [4.69, 9.17) is 5.11 Å². The SMILES string of the molecule is CCCCCCC(=O)N(CCCC/C=C\CCCCCCO)C(C)C. The minimum absolute atomic E-state index is 0.313. The lowest BCUT2D eigenvalue weighted by molar-refractivity contribution is -0.133. The molecule has 0 aliphatic heterocycles. The van der Waals surface area contributed by atoms with Crippen molar-refractivity contribution in [2.75, 3.05) is 13.2 Å². The number of aliphatic hydroxyl groups is 1. The van der Waals surface area contributed by atoms with Gasteiger partial charge in [-0.3, -0.25) is 4.79 Å². The van der Waals surface area contributed by atoms with Gasteiger partial charge in [0, 0.05) is 25.6 Å². The summed E-state index contributed by atoms with van der Waals surface area (Å²) in [5.74, 6) is 0.338. The normalized spacial score (nSPS) is 11.6. The van der Waals surface area contributed by atoms with E-state index >= 15 is 0 Å². The molecule has 3 heteroatoms. The maximum Gasteiger partial charge on any atom is 0.222 e. The van der Waals surface area contributed by atoms with Crippen LogP contribution in [0.15, 0.2) is 12.2 Å². The molecule has 148 valence electrons. The van der Waals surface area contributed by atoms with Crippen LogP contribution in [0.2, 0.25) is 0 Å². The van der Waals surface area contributed by atoms with Crippen LogP contribution in [0, 0.1) is 0 Å². The Labute approximate surface area is 156 Å². The van der Waals surface area contributed by atoms with Gasteiger partial charge in [-0.15, -0.1) is 0 Å². The van der Waals surface area contributed by atoms with Gasteiger partial charge in [0.15, 0.2) is 0 Å². The maximum absolute atomic E-state index is 12.4. The summed E-state index contributed by atoms with van der Waals surface area (Å²) in [6, 6.07) is 0.313. The molecule has 0 saturated carbocycles. The lowest BCUT2D eigenvalue weighted by Crippen LogP contribution is -2.37. The van der Waals surface area contributed by atoms with Crippen molar-refractivity contribution in [3.63, 3.8) is 0 Å². The second-order valence-corrected chi connectivity index (χ2v) is 7.39. The van der Waals surface area contributed by atoms with Crippen LogP contribution < -0.4 is 0 Å². The first-order valence-electron chi connectivity index (χ1n) is 10.7. The van der Waals surface area contributed by atoms with Crippen molar-refractivity contribution in [3.8, 4) is 0 Å². The molecular formula is C22H43NO2. The molecule has 0 heterocycles. The number of rotatable bonds is 17. The van der Waals surface area contributed by atoms with Crippen LogP contribution in [-0.4, -0.2) is 35.1 Å². The number of aliphatic hydroxyl groups excluding tert-OH is 1. The highest BCUT2D eigenvalue weighted by Gasteiger charge is 2.15. The molecule has 0 atom stereocenters. The van der Waals surface area contributed by atoms with Crippen molar-refractivity contribution in [2.24, 2.45) is 0 Å². The Bertz CT molecular complexity index is 326. The third kappa shape index (κ3) is 15.2. The molecule has 0 bridgehead atoms. The van der Waals surface area contributed by atoms with Crippen molar-refractivity contribution in [3.05, 3.63) is 12.2 Å². The van der Waals surface area contributed by atoms with E-state index in [0.717, 1.165) is 51.5 Å². The molecule has 0 fully saturated rings. The highest BCUT2D eigenvalue weighted by atomic mass is 16.2. The first-order chi connectivity index (χ1) is 12.1. The van der Waals surface area contributed by atoms with Crippen LogP contribution in [0.4, 0.5) is 0 Å². The number of unbranched alkanes of at least 4 members (excludes halogenated alkanes) is 9. The number of carbonyl (C=O) groups is 1. The molecule has 0 aliphatic carbocycles. The number of allylic oxidation sites excluding steroid dienone is 2. The Balaban J connectivity index is 3.73. The Morgan fingerprint density at radius 3 is 2.08 bits per heavy atom. The van der Waals surface area contributed by atoms with Gasteiger partial charge in [-0.1, -0.05) is 51.2 Å². The predicted molar refractivity (Wildman–Crippen MR) is 109 cm³/mol. The fourth-order valence-corrected chi connectivity index (χ4v) is 3.03. The van der Waals surface area contributed by atoms with E-state index in [-0.39, 0.29) is 0 Å². The standard InChI is InChI=1S/C22H43NO2/c1-4-5-6-15-18-22(25)23(21(2)3)19-16-13-11-9-7-8-10-12-14-17-20-24/h7,9,21,24H,4-6,8,10-20H2,1-3H3/b9-7-. The second kappa shape index (κ2) is 18.0. The van der Waals surface area contributed by atoms with E-state index in [1.165, 1.54) is 32.1 Å². The van der Waals surface area contributed by atoms with Gasteiger partial charge in [0.2, 0.25) is 5.91 Å². The van der Waals surface area contributed by atoms with E-state index in [2.05, 4.69) is 37.8 Å². The molecular weight excluding hydrogens is 310 g/mol. The summed E-state index contributed by atoms with van der Waals surface area (Å²) in [5.41, 5.74) is 0. The van der Waals surface area contributed by atoms with Gasteiger partial charge in [0.05, 0.1) is 0 Å². The monoisotopic (exact) mass is 353 g/mol. The van der Waals surface area contributed by atoms with Crippen molar-refractivity contribution in [1.82, 2.24) is 4.90 Å². The number of amides is 1. The van der Waals surface area contributed by atoms with E-state index < -0.39 is 0 Å². The van der Waals surface area contributed by atoms with E-state index in [0.29, 0.717) is 25.0 Å². The topological polar surface area (TPSA) is 40.5 Å². The van der Waals surface area contributed by atoms with Crippen LogP contribution in [-0.2, 0) is 4.79 Å². The number of carbonyl (C=O) groups excluding carboxylic acids is 1. The third-order valence-corrected chi connectivity index (χ3v) is 4.65. The molecule has 0 aromatic carbocycles. The lowest BCUT2D eigenvalue weighted by Gasteiger charge is -2.27. The molecule has 25 heavy (non-hydrogen) atoms. The third-order valence-electron chi connectivity index (χ3n) is 4.65. The van der Waals surface area contributed by atoms with Gasteiger partial charge in [0.1, 0.15) is 0 Å². The number of nitrogens with zero attached hydrogens (tertiary/aromatic N) is 1. The van der Waals surface area contributed by atoms with E-state index in [9.17, 15) is 4.79 Å². The molecule has 0 aromatic heterocycles. The highest BCUT2D eigenvalue weighted by molar-refractivity contribution is 5.76. The summed E-state index contributed by atoms with van der Waals surface area (Å²) >= 11 is 0. The fourth-order valence-electron chi connectivity index (χ4n) is 3.03. The molecule has 0 aliphatic rings. The molecule has 0 aromatic rings. The van der Waals surface area contributed by atoms with Crippen molar-refractivity contribution >= 4 is 5.91 Å². The van der Waals surface area contributed by atoms with E-state index in [1.54, 1.807) is 0 Å². The van der Waals surface area contributed by atoms with Gasteiger partial charge in [-0.05, 0) is 58.8 Å². The number of hydrogen-bond acceptors (Lipinski definition) is 2. The zero-order valence-corrected chi connectivity index (χ0v) is 17.1. The fraction of sp³-hybridized carbons (Fsp3) is 0.864. The molecule has 0 unspecified atom stereocenters. The quantitative estimate of drug-likeness (QED) is 0.263. The summed E-state index contributed by atoms with van der Waals surface area (Å²) in [6.45, 7) is 7.68. The van der Waals surface area contributed by atoms with Crippen LogP contribution in [0.25, 0.3) is 0 Å². The van der Waals surface area contributed by atoms with Gasteiger partial charge in [-0.25, -0.2) is 0 Å². The van der Waals surface area contributed by atoms with Crippen LogP contribution >= 0.6 is 0 Å². The summed E-state index contributed by atoms with van der Waals surface area (Å²) in [5, 5.41) is 8.72. The Morgan fingerprint density at radius 1 is 0.880 bits per heavy atom. The molecule has 0 saturated heterocycles. The van der Waals surface area contributed by atoms with Crippen molar-refractivity contribution in [2.45, 2.75) is 110 Å². The van der Waals surface area contributed by atoms with Crippen molar-refractivity contribution < 1.29 is 9.90 Å². The largest absolute Gasteiger partial charge is 0.396 e. The lowest BCUT2D eigenvalue weighted by atomic mass is 10.1. The van der Waals surface area contributed by atoms with Crippen LogP contribution in [0.1, 0.15) is 104 Å². The molecule has 0 spiro atoms. The predicted octanol–water partition coefficient (Wildman–Crippen LogP) is 5.86. The molecule has 0 radical (unpaired) electrons. The highest BCUT2D eigenvalue weighted by Crippen LogP contribution is 2.10. The number of hydrogen-bond donors (Lipinski definition) is 1. The molecule has 3 nitrogen and oxygen atoms in total. The Morgan fingerprint density at radius 2 is 1.48 bits per heavy atom. The molecule has 1 N–H and O–H groups in total. The summed E-state index contributed by atoms with van der Waals surface area (Å²) in [4.78, 5) is 14.4. The van der Waals surface area contributed by atoms with Crippen LogP contribution in [0.3, 0.4) is 0 Å². The zero-order chi connectivity index (χ0) is 18.8. The minimum Gasteiger partial charge on any atom is -0.396 e. The first-order valence-corrected chi connectivity index (χ1v) is 10.7. The van der Waals surface area contributed by atoms with Gasteiger partial charge in [-0.2, -0.15) is 0 Å². The Kier molecular flexibility index (Phi) is 17.4.